The van der Waals surface area contributed by atoms with Gasteiger partial charge >= 0.3 is 51.4 Å². The van der Waals surface area contributed by atoms with Gasteiger partial charge in [-0.1, -0.05) is 24.3 Å². The topological polar surface area (TPSA) is 49.4 Å². The van der Waals surface area contributed by atoms with Crippen molar-refractivity contribution in [2.75, 3.05) is 6.61 Å². The van der Waals surface area contributed by atoms with Crippen LogP contribution in [0, 0.1) is 6.92 Å². The number of ether oxygens (including phenoxy) is 1. The van der Waals surface area contributed by atoms with Gasteiger partial charge in [0.25, 0.3) is 0 Å². The zero-order valence-electron chi connectivity index (χ0n) is 11.3. The van der Waals surface area contributed by atoms with Crippen LogP contribution in [-0.2, 0) is 4.79 Å². The van der Waals surface area contributed by atoms with Crippen LogP contribution in [0.4, 0.5) is 0 Å². The molecule has 0 aliphatic carbocycles. The van der Waals surface area contributed by atoms with Crippen LogP contribution in [0.2, 0.25) is 0 Å². The van der Waals surface area contributed by atoms with Crippen LogP contribution in [0.1, 0.15) is 18.4 Å². The van der Waals surface area contributed by atoms with Crippen molar-refractivity contribution in [2.24, 2.45) is 0 Å². The summed E-state index contributed by atoms with van der Waals surface area (Å²) in [5, 5.41) is 12.6. The molecule has 0 radical (unpaired) electrons. The number of fused-ring (bicyclic) bond motifs is 1. The number of carbonyl (C=O) groups is 1. The molecule has 0 bridgehead atoms. The van der Waals surface area contributed by atoms with E-state index in [4.69, 9.17) is 4.74 Å². The number of rotatable bonds is 5. The van der Waals surface area contributed by atoms with Crippen LogP contribution >= 0.6 is 0 Å². The molecule has 0 amide bonds. The van der Waals surface area contributed by atoms with Gasteiger partial charge in [-0.2, -0.15) is 0 Å². The first-order valence-corrected chi connectivity index (χ1v) is 5.99. The van der Waals surface area contributed by atoms with E-state index in [0.717, 1.165) is 11.1 Å². The molecule has 0 saturated carbocycles. The fraction of sp³-hybridized carbons (Fsp3) is 0.267. The first kappa shape index (κ1) is 16.7. The summed E-state index contributed by atoms with van der Waals surface area (Å²) in [7, 11) is 0. The van der Waals surface area contributed by atoms with Crippen molar-refractivity contribution >= 4 is 16.7 Å². The molecule has 94 valence electrons. The van der Waals surface area contributed by atoms with Crippen LogP contribution in [-0.4, -0.2) is 12.6 Å². The van der Waals surface area contributed by atoms with E-state index in [2.05, 4.69) is 13.0 Å². The molecule has 4 heteroatoms. The van der Waals surface area contributed by atoms with Crippen LogP contribution in [0.5, 0.6) is 5.75 Å². The van der Waals surface area contributed by atoms with E-state index in [1.165, 1.54) is 10.9 Å². The Morgan fingerprint density at radius 1 is 1.26 bits per heavy atom. The van der Waals surface area contributed by atoms with Crippen LogP contribution in [0.25, 0.3) is 10.8 Å². The Bertz CT molecular complexity index is 566. The van der Waals surface area contributed by atoms with Crippen LogP contribution < -0.4 is 61.2 Å². The van der Waals surface area contributed by atoms with E-state index in [0.29, 0.717) is 13.0 Å². The molecule has 0 aliphatic rings. The number of hydrogen-bond acceptors (Lipinski definition) is 3. The average Bonchev–Trinajstić information content (AvgIpc) is 2.35. The Morgan fingerprint density at radius 2 is 2.05 bits per heavy atom. The maximum Gasteiger partial charge on any atom is 1.00 e. The molecule has 3 nitrogen and oxygen atoms in total. The third-order valence-corrected chi connectivity index (χ3v) is 2.86. The molecule has 2 aromatic carbocycles. The average molecular weight is 282 g/mol. The zero-order chi connectivity index (χ0) is 13.0. The fourth-order valence-corrected chi connectivity index (χ4v) is 1.92. The normalized spacial score (nSPS) is 9.95. The molecule has 2 rings (SSSR count). The summed E-state index contributed by atoms with van der Waals surface area (Å²) in [5.41, 5.74) is 1.23. The number of aliphatic carboxylic acids is 1. The molecule has 0 unspecified atom stereocenters. The Balaban J connectivity index is 0.00000180. The monoisotopic (exact) mass is 282 g/mol. The van der Waals surface area contributed by atoms with Gasteiger partial charge in [0.1, 0.15) is 5.75 Å². The van der Waals surface area contributed by atoms with Crippen LogP contribution in [0.3, 0.4) is 0 Å². The predicted octanol–water partition coefficient (Wildman–Crippen LogP) is -0.939. The number of carboxylic acids is 1. The van der Waals surface area contributed by atoms with Crippen molar-refractivity contribution in [2.45, 2.75) is 19.8 Å². The third-order valence-electron chi connectivity index (χ3n) is 2.86. The minimum absolute atomic E-state index is 0. The molecule has 19 heavy (non-hydrogen) atoms. The van der Waals surface area contributed by atoms with Gasteiger partial charge in [-0.3, -0.25) is 0 Å². The quantitative estimate of drug-likeness (QED) is 0.525. The minimum Gasteiger partial charge on any atom is -0.550 e. The van der Waals surface area contributed by atoms with Gasteiger partial charge in [0, 0.05) is 5.97 Å². The van der Waals surface area contributed by atoms with E-state index in [9.17, 15) is 9.90 Å². The second-order valence-electron chi connectivity index (χ2n) is 4.28. The maximum atomic E-state index is 10.3. The third kappa shape index (κ3) is 4.89. The fourth-order valence-electron chi connectivity index (χ4n) is 1.92. The van der Waals surface area contributed by atoms with Gasteiger partial charge in [0.2, 0.25) is 0 Å². The van der Waals surface area contributed by atoms with Gasteiger partial charge in [0.15, 0.2) is 0 Å². The molecule has 0 N–H and O–H groups in total. The van der Waals surface area contributed by atoms with Crippen molar-refractivity contribution < 1.29 is 66.0 Å². The number of aryl methyl sites for hydroxylation is 1. The summed E-state index contributed by atoms with van der Waals surface area (Å²) >= 11 is 0. The maximum absolute atomic E-state index is 10.3. The van der Waals surface area contributed by atoms with Crippen molar-refractivity contribution in [3.63, 3.8) is 0 Å². The summed E-state index contributed by atoms with van der Waals surface area (Å²) in [6.07, 6.45) is 0.501. The first-order chi connectivity index (χ1) is 8.66. The van der Waals surface area contributed by atoms with Gasteiger partial charge < -0.3 is 14.6 Å². The van der Waals surface area contributed by atoms with E-state index < -0.39 is 5.97 Å². The second-order valence-corrected chi connectivity index (χ2v) is 4.28. The Labute approximate surface area is 155 Å². The number of carbonyl (C=O) groups excluding carboxylic acids is 1. The van der Waals surface area contributed by atoms with Gasteiger partial charge in [-0.05, 0) is 48.2 Å². The molecule has 2 aromatic rings. The summed E-state index contributed by atoms with van der Waals surface area (Å²) in [4.78, 5) is 10.3. The van der Waals surface area contributed by atoms with E-state index in [1.807, 2.05) is 30.3 Å². The number of carboxylic acid groups (broad SMARTS) is 1. The van der Waals surface area contributed by atoms with E-state index in [1.54, 1.807) is 0 Å². The standard InChI is InChI=1S/C15H16O3.K/c1-11-4-2-5-12-10-13(7-8-14(11)12)18-9-3-6-15(16)17;/h2,4-5,7-8,10H,3,6,9H2,1H3,(H,16,17);/q;+1/p-1. The molecular weight excluding hydrogens is 267 g/mol. The second kappa shape index (κ2) is 8.02. The molecule has 0 spiro atoms. The Kier molecular flexibility index (Phi) is 7.03. The summed E-state index contributed by atoms with van der Waals surface area (Å²) in [5.74, 6) is -0.265. The minimum atomic E-state index is -1.03. The van der Waals surface area contributed by atoms with Crippen molar-refractivity contribution in [3.05, 3.63) is 42.0 Å². The predicted molar refractivity (Wildman–Crippen MR) is 68.4 cm³/mol. The molecule has 0 heterocycles. The Morgan fingerprint density at radius 3 is 2.79 bits per heavy atom. The smallest absolute Gasteiger partial charge is 0.550 e. The summed E-state index contributed by atoms with van der Waals surface area (Å²) < 4.78 is 5.51. The molecule has 0 fully saturated rings. The van der Waals surface area contributed by atoms with Gasteiger partial charge in [-0.15, -0.1) is 0 Å². The molecule has 0 aliphatic heterocycles. The molecule has 0 saturated heterocycles. The Hall–Kier alpha value is -0.394. The van der Waals surface area contributed by atoms with E-state index in [-0.39, 0.29) is 57.8 Å². The molecular formula is C15H15KO3. The van der Waals surface area contributed by atoms with Gasteiger partial charge in [-0.25, -0.2) is 0 Å². The first-order valence-electron chi connectivity index (χ1n) is 5.99. The SMILES string of the molecule is Cc1cccc2cc(OCCCC(=O)[O-])ccc12.[K+]. The summed E-state index contributed by atoms with van der Waals surface area (Å²) in [6, 6.07) is 12.0. The van der Waals surface area contributed by atoms with Crippen LogP contribution in [0.15, 0.2) is 36.4 Å². The number of benzene rings is 2. The van der Waals surface area contributed by atoms with Crippen molar-refractivity contribution in [3.8, 4) is 5.75 Å². The van der Waals surface area contributed by atoms with Gasteiger partial charge in [0.05, 0.1) is 6.61 Å². The molecule has 0 atom stereocenters. The zero-order valence-corrected chi connectivity index (χ0v) is 14.4. The van der Waals surface area contributed by atoms with Crippen molar-refractivity contribution in [1.82, 2.24) is 0 Å². The number of hydrogen-bond donors (Lipinski definition) is 0. The van der Waals surface area contributed by atoms with Crippen molar-refractivity contribution in [1.29, 1.82) is 0 Å². The largest absolute Gasteiger partial charge is 1.00 e. The van der Waals surface area contributed by atoms with E-state index >= 15 is 0 Å². The molecule has 0 aromatic heterocycles. The summed E-state index contributed by atoms with van der Waals surface area (Å²) in [6.45, 7) is 2.47.